The Hall–Kier alpha value is -1.96. The Morgan fingerprint density at radius 1 is 1.27 bits per heavy atom. The van der Waals surface area contributed by atoms with Gasteiger partial charge in [0.25, 0.3) is 0 Å². The molecule has 0 unspecified atom stereocenters. The number of halogens is 1. The van der Waals surface area contributed by atoms with Crippen LogP contribution in [-0.4, -0.2) is 53.8 Å². The first-order valence-electron chi connectivity index (χ1n) is 12.1. The van der Waals surface area contributed by atoms with Crippen LogP contribution in [0.4, 0.5) is 4.39 Å². The molecule has 1 aliphatic carbocycles. The predicted molar refractivity (Wildman–Crippen MR) is 122 cm³/mol. The van der Waals surface area contributed by atoms with Crippen LogP contribution in [0.3, 0.4) is 0 Å². The van der Waals surface area contributed by atoms with Gasteiger partial charge in [-0.15, -0.1) is 0 Å². The number of ether oxygens (including phenoxy) is 3. The third-order valence-corrected chi connectivity index (χ3v) is 6.49. The van der Waals surface area contributed by atoms with Gasteiger partial charge in [0, 0.05) is 25.4 Å². The van der Waals surface area contributed by atoms with Crippen molar-refractivity contribution in [1.29, 1.82) is 0 Å². The van der Waals surface area contributed by atoms with Crippen molar-refractivity contribution in [3.8, 4) is 5.75 Å². The molecular formula is C26H37FO6. The second-order valence-electron chi connectivity index (χ2n) is 9.51. The lowest BCUT2D eigenvalue weighted by Crippen LogP contribution is -2.22. The Morgan fingerprint density at radius 3 is 2.76 bits per heavy atom. The highest BCUT2D eigenvalue weighted by Gasteiger charge is 2.43. The number of benzene rings is 1. The average Bonchev–Trinajstić information content (AvgIpc) is 2.93. The third kappa shape index (κ3) is 8.09. The molecule has 1 aromatic rings. The molecule has 6 nitrogen and oxygen atoms in total. The van der Waals surface area contributed by atoms with Crippen molar-refractivity contribution in [3.63, 3.8) is 0 Å². The van der Waals surface area contributed by atoms with Gasteiger partial charge in [-0.25, -0.2) is 4.39 Å². The predicted octanol–water partition coefficient (Wildman–Crippen LogP) is 4.04. The van der Waals surface area contributed by atoms with Gasteiger partial charge in [0.15, 0.2) is 0 Å². The number of hydrogen-bond donors (Lipinski definition) is 2. The lowest BCUT2D eigenvalue weighted by Gasteiger charge is -2.21. The molecule has 1 aliphatic heterocycles. The SMILES string of the molecule is CC(C)OC(=O)CCC[C@H]1CC[C@@H]2[C@@H](/C=C/[C@@H](O)COc3ccc(F)cc3)[C@H](O)C[C@@H]2OC1. The molecule has 184 valence electrons. The van der Waals surface area contributed by atoms with Crippen LogP contribution in [0.2, 0.25) is 0 Å². The number of carbonyl (C=O) groups excluding carboxylic acids is 1. The summed E-state index contributed by atoms with van der Waals surface area (Å²) in [6.45, 7) is 4.41. The molecule has 0 amide bonds. The first-order valence-corrected chi connectivity index (χ1v) is 12.1. The topological polar surface area (TPSA) is 85.2 Å². The van der Waals surface area contributed by atoms with E-state index in [4.69, 9.17) is 14.2 Å². The standard InChI is InChI=1S/C26H37FO6/c1-17(2)33-26(30)5-3-4-18-6-12-23-22(24(29)14-25(23)32-15-18)13-9-20(28)16-31-21-10-7-19(27)8-11-21/h7-11,13,17-18,20,22-25,28-29H,3-6,12,14-16H2,1-2H3/b13-9+/t18-,20+,22+,23+,24+,25-/m0/s1. The van der Waals surface area contributed by atoms with Crippen molar-refractivity contribution in [1.82, 2.24) is 0 Å². The molecule has 0 bridgehead atoms. The van der Waals surface area contributed by atoms with Gasteiger partial charge in [0.05, 0.1) is 18.3 Å². The molecule has 1 aromatic carbocycles. The van der Waals surface area contributed by atoms with Gasteiger partial charge in [0.2, 0.25) is 0 Å². The smallest absolute Gasteiger partial charge is 0.306 e. The largest absolute Gasteiger partial charge is 0.491 e. The summed E-state index contributed by atoms with van der Waals surface area (Å²) in [5.41, 5.74) is 0. The van der Waals surface area contributed by atoms with Crippen molar-refractivity contribution in [2.24, 2.45) is 17.8 Å². The van der Waals surface area contributed by atoms with E-state index in [0.717, 1.165) is 25.7 Å². The minimum absolute atomic E-state index is 0.0122. The lowest BCUT2D eigenvalue weighted by atomic mass is 9.86. The molecule has 0 radical (unpaired) electrons. The molecule has 6 atom stereocenters. The van der Waals surface area contributed by atoms with Gasteiger partial charge in [-0.05, 0) is 75.6 Å². The van der Waals surface area contributed by atoms with E-state index < -0.39 is 12.2 Å². The van der Waals surface area contributed by atoms with Crippen molar-refractivity contribution in [2.45, 2.75) is 76.8 Å². The molecule has 1 saturated heterocycles. The first-order chi connectivity index (χ1) is 15.8. The molecule has 0 spiro atoms. The minimum atomic E-state index is -0.827. The van der Waals surface area contributed by atoms with Crippen LogP contribution in [0.15, 0.2) is 36.4 Å². The van der Waals surface area contributed by atoms with Gasteiger partial charge >= 0.3 is 5.97 Å². The van der Waals surface area contributed by atoms with E-state index in [0.29, 0.717) is 31.1 Å². The fraction of sp³-hybridized carbons (Fsp3) is 0.654. The van der Waals surface area contributed by atoms with E-state index in [9.17, 15) is 19.4 Å². The fourth-order valence-electron chi connectivity index (χ4n) is 4.82. The monoisotopic (exact) mass is 464 g/mol. The Labute approximate surface area is 195 Å². The second-order valence-corrected chi connectivity index (χ2v) is 9.51. The molecule has 33 heavy (non-hydrogen) atoms. The van der Waals surface area contributed by atoms with E-state index >= 15 is 0 Å². The molecular weight excluding hydrogens is 427 g/mol. The van der Waals surface area contributed by atoms with Crippen LogP contribution in [-0.2, 0) is 14.3 Å². The highest BCUT2D eigenvalue weighted by Crippen LogP contribution is 2.42. The maximum absolute atomic E-state index is 13.0. The van der Waals surface area contributed by atoms with Crippen LogP contribution < -0.4 is 4.74 Å². The summed E-state index contributed by atoms with van der Waals surface area (Å²) in [7, 11) is 0. The summed E-state index contributed by atoms with van der Waals surface area (Å²) in [5, 5.41) is 20.8. The zero-order valence-corrected chi connectivity index (χ0v) is 19.6. The zero-order chi connectivity index (χ0) is 23.8. The highest BCUT2D eigenvalue weighted by atomic mass is 19.1. The molecule has 7 heteroatoms. The van der Waals surface area contributed by atoms with Gasteiger partial charge in [0.1, 0.15) is 24.3 Å². The summed E-state index contributed by atoms with van der Waals surface area (Å²) in [4.78, 5) is 11.7. The quantitative estimate of drug-likeness (QED) is 0.402. The number of carbonyl (C=O) groups is 1. The van der Waals surface area contributed by atoms with Crippen molar-refractivity contribution in [3.05, 3.63) is 42.2 Å². The number of aliphatic hydroxyl groups is 2. The highest BCUT2D eigenvalue weighted by molar-refractivity contribution is 5.69. The van der Waals surface area contributed by atoms with E-state index in [-0.39, 0.29) is 42.4 Å². The molecule has 1 heterocycles. The normalized spacial score (nSPS) is 28.5. The Balaban J connectivity index is 1.44. The van der Waals surface area contributed by atoms with Crippen LogP contribution in [0.25, 0.3) is 0 Å². The summed E-state index contributed by atoms with van der Waals surface area (Å²) < 4.78 is 29.8. The maximum atomic E-state index is 13.0. The number of aliphatic hydroxyl groups excluding tert-OH is 2. The molecule has 0 aromatic heterocycles. The zero-order valence-electron chi connectivity index (χ0n) is 19.6. The van der Waals surface area contributed by atoms with Gasteiger partial charge < -0.3 is 24.4 Å². The van der Waals surface area contributed by atoms with Gasteiger partial charge in [-0.2, -0.15) is 0 Å². The molecule has 2 aliphatic rings. The van der Waals surface area contributed by atoms with Crippen molar-refractivity contribution >= 4 is 5.97 Å². The summed E-state index contributed by atoms with van der Waals surface area (Å²) in [6, 6.07) is 5.65. The lowest BCUT2D eigenvalue weighted by molar-refractivity contribution is -0.147. The summed E-state index contributed by atoms with van der Waals surface area (Å²) >= 11 is 0. The second kappa shape index (κ2) is 12.5. The number of hydrogen-bond acceptors (Lipinski definition) is 6. The van der Waals surface area contributed by atoms with E-state index in [1.54, 1.807) is 6.08 Å². The van der Waals surface area contributed by atoms with Crippen LogP contribution in [0.1, 0.15) is 52.4 Å². The van der Waals surface area contributed by atoms with E-state index in [2.05, 4.69) is 0 Å². The average molecular weight is 465 g/mol. The number of rotatable bonds is 10. The Kier molecular flexibility index (Phi) is 9.71. The maximum Gasteiger partial charge on any atom is 0.306 e. The molecule has 3 rings (SSSR count). The fourth-order valence-corrected chi connectivity index (χ4v) is 4.82. The summed E-state index contributed by atoms with van der Waals surface area (Å²) in [5.74, 6) is 0.540. The molecule has 2 N–H and O–H groups in total. The first kappa shape index (κ1) is 25.7. The Bertz CT molecular complexity index is 765. The molecule has 1 saturated carbocycles. The van der Waals surface area contributed by atoms with Gasteiger partial charge in [-0.3, -0.25) is 4.79 Å². The summed E-state index contributed by atoms with van der Waals surface area (Å²) in [6.07, 6.45) is 6.85. The van der Waals surface area contributed by atoms with Gasteiger partial charge in [-0.1, -0.05) is 12.2 Å². The third-order valence-electron chi connectivity index (χ3n) is 6.49. The van der Waals surface area contributed by atoms with Crippen LogP contribution >= 0.6 is 0 Å². The van der Waals surface area contributed by atoms with Crippen molar-refractivity contribution in [2.75, 3.05) is 13.2 Å². The number of esters is 1. The minimum Gasteiger partial charge on any atom is -0.491 e. The molecule has 2 fully saturated rings. The van der Waals surface area contributed by atoms with E-state index in [1.165, 1.54) is 24.3 Å². The number of fused-ring (bicyclic) bond motifs is 1. The Morgan fingerprint density at radius 2 is 2.03 bits per heavy atom. The van der Waals surface area contributed by atoms with Crippen LogP contribution in [0.5, 0.6) is 5.75 Å². The van der Waals surface area contributed by atoms with E-state index in [1.807, 2.05) is 19.9 Å². The van der Waals surface area contributed by atoms with Crippen LogP contribution in [0, 0.1) is 23.6 Å². The van der Waals surface area contributed by atoms with Crippen molar-refractivity contribution < 1.29 is 33.6 Å².